The van der Waals surface area contributed by atoms with Gasteiger partial charge < -0.3 is 4.74 Å². The molecule has 0 heterocycles. The number of sulfonamides is 1. The first-order valence-electron chi connectivity index (χ1n) is 4.96. The second-order valence-corrected chi connectivity index (χ2v) is 6.18. The Bertz CT molecular complexity index is 573. The molecule has 100 valence electrons. The average Bonchev–Trinajstić information content (AvgIpc) is 2.27. The smallest absolute Gasteiger partial charge is 0.338 e. The molecule has 0 unspecified atom stereocenters. The molecule has 0 radical (unpaired) electrons. The number of hydrogen-bond acceptors (Lipinski definition) is 4. The molecular weight excluding hydrogens is 346 g/mol. The van der Waals surface area contributed by atoms with E-state index in [1.165, 1.54) is 6.07 Å². The normalized spacial score (nSPS) is 11.3. The van der Waals surface area contributed by atoms with Crippen molar-refractivity contribution >= 4 is 43.5 Å². The maximum Gasteiger partial charge on any atom is 0.338 e. The van der Waals surface area contributed by atoms with E-state index in [0.717, 1.165) is 6.07 Å². The largest absolute Gasteiger partial charge is 0.462 e. The molecule has 0 aliphatic heterocycles. The highest BCUT2D eigenvalue weighted by atomic mass is 79.9. The van der Waals surface area contributed by atoms with Gasteiger partial charge in [-0.3, -0.25) is 0 Å². The van der Waals surface area contributed by atoms with Crippen LogP contribution in [0.25, 0.3) is 0 Å². The third kappa shape index (κ3) is 3.68. The molecule has 0 bridgehead atoms. The number of hydrogen-bond donors (Lipinski definition) is 1. The fourth-order valence-corrected chi connectivity index (χ4v) is 3.00. The third-order valence-electron chi connectivity index (χ3n) is 1.97. The number of carbonyl (C=O) groups excluding carboxylic acids is 1. The summed E-state index contributed by atoms with van der Waals surface area (Å²) in [6, 6.07) is 2.45. The fourth-order valence-electron chi connectivity index (χ4n) is 1.17. The van der Waals surface area contributed by atoms with E-state index in [-0.39, 0.29) is 26.6 Å². The molecule has 18 heavy (non-hydrogen) atoms. The van der Waals surface area contributed by atoms with Crippen molar-refractivity contribution in [2.24, 2.45) is 5.14 Å². The summed E-state index contributed by atoms with van der Waals surface area (Å²) in [5.74, 6) is -0.642. The summed E-state index contributed by atoms with van der Waals surface area (Å²) in [6.45, 7) is 2.09. The van der Waals surface area contributed by atoms with Crippen LogP contribution in [0.2, 0.25) is 5.02 Å². The number of nitrogens with two attached hydrogens (primary N) is 1. The van der Waals surface area contributed by atoms with E-state index in [4.69, 9.17) is 21.5 Å². The summed E-state index contributed by atoms with van der Waals surface area (Å²) in [7, 11) is -3.97. The molecule has 0 aliphatic carbocycles. The Balaban J connectivity index is 3.25. The maximum atomic E-state index is 11.6. The molecule has 0 saturated heterocycles. The van der Waals surface area contributed by atoms with Crippen molar-refractivity contribution in [1.29, 1.82) is 0 Å². The lowest BCUT2D eigenvalue weighted by atomic mass is 10.2. The van der Waals surface area contributed by atoms with E-state index < -0.39 is 16.0 Å². The van der Waals surface area contributed by atoms with E-state index in [9.17, 15) is 13.2 Å². The maximum absolute atomic E-state index is 11.6. The molecule has 0 atom stereocenters. The summed E-state index contributed by atoms with van der Waals surface area (Å²) in [5, 5.41) is 5.10. The van der Waals surface area contributed by atoms with Gasteiger partial charge in [-0.2, -0.15) is 0 Å². The molecule has 1 aromatic carbocycles. The topological polar surface area (TPSA) is 86.5 Å². The van der Waals surface area contributed by atoms with Gasteiger partial charge in [-0.1, -0.05) is 18.5 Å². The zero-order valence-corrected chi connectivity index (χ0v) is 12.6. The molecule has 0 amide bonds. The van der Waals surface area contributed by atoms with Crippen LogP contribution in [-0.2, 0) is 14.8 Å². The second kappa shape index (κ2) is 6.01. The van der Waals surface area contributed by atoms with Crippen molar-refractivity contribution in [3.63, 3.8) is 0 Å². The van der Waals surface area contributed by atoms with Crippen molar-refractivity contribution in [3.05, 3.63) is 27.2 Å². The minimum atomic E-state index is -3.97. The van der Waals surface area contributed by atoms with Gasteiger partial charge in [0, 0.05) is 0 Å². The average molecular weight is 357 g/mol. The van der Waals surface area contributed by atoms with Crippen molar-refractivity contribution in [1.82, 2.24) is 0 Å². The summed E-state index contributed by atoms with van der Waals surface area (Å²) in [4.78, 5) is 11.4. The predicted molar refractivity (Wildman–Crippen MR) is 71.1 cm³/mol. The first kappa shape index (κ1) is 15.4. The van der Waals surface area contributed by atoms with Crippen molar-refractivity contribution in [2.45, 2.75) is 18.2 Å². The fraction of sp³-hybridized carbons (Fsp3) is 0.300. The first-order chi connectivity index (χ1) is 8.27. The van der Waals surface area contributed by atoms with E-state index in [0.29, 0.717) is 6.42 Å². The Morgan fingerprint density at radius 2 is 2.11 bits per heavy atom. The van der Waals surface area contributed by atoms with E-state index in [1.807, 2.05) is 6.92 Å². The summed E-state index contributed by atoms with van der Waals surface area (Å²) in [6.07, 6.45) is 0.665. The monoisotopic (exact) mass is 355 g/mol. The number of ether oxygens (including phenoxy) is 1. The predicted octanol–water partition coefficient (Wildman–Crippen LogP) is 2.32. The highest BCUT2D eigenvalue weighted by molar-refractivity contribution is 9.10. The minimum Gasteiger partial charge on any atom is -0.462 e. The highest BCUT2D eigenvalue weighted by Crippen LogP contribution is 2.30. The number of benzene rings is 1. The van der Waals surface area contributed by atoms with Gasteiger partial charge >= 0.3 is 5.97 Å². The van der Waals surface area contributed by atoms with Gasteiger partial charge in [0.25, 0.3) is 0 Å². The lowest BCUT2D eigenvalue weighted by Crippen LogP contribution is -2.15. The van der Waals surface area contributed by atoms with Crippen LogP contribution >= 0.6 is 27.5 Å². The molecule has 0 aromatic heterocycles. The number of primary sulfonamides is 1. The summed E-state index contributed by atoms with van der Waals surface area (Å²) >= 11 is 8.84. The Kier molecular flexibility index (Phi) is 5.15. The van der Waals surface area contributed by atoms with Crippen LogP contribution in [0.15, 0.2) is 21.5 Å². The molecule has 8 heteroatoms. The molecule has 0 saturated carbocycles. The lowest BCUT2D eigenvalue weighted by Gasteiger charge is -2.08. The van der Waals surface area contributed by atoms with Gasteiger partial charge in [-0.05, 0) is 34.5 Å². The van der Waals surface area contributed by atoms with Gasteiger partial charge in [0.1, 0.15) is 0 Å². The van der Waals surface area contributed by atoms with E-state index >= 15 is 0 Å². The van der Waals surface area contributed by atoms with Gasteiger partial charge in [0.05, 0.1) is 26.6 Å². The Morgan fingerprint density at radius 3 is 2.61 bits per heavy atom. The Morgan fingerprint density at radius 1 is 1.50 bits per heavy atom. The van der Waals surface area contributed by atoms with Gasteiger partial charge in [0.15, 0.2) is 0 Å². The van der Waals surface area contributed by atoms with Crippen LogP contribution in [0.3, 0.4) is 0 Å². The van der Waals surface area contributed by atoms with Gasteiger partial charge in [-0.15, -0.1) is 0 Å². The zero-order valence-electron chi connectivity index (χ0n) is 9.44. The van der Waals surface area contributed by atoms with Gasteiger partial charge in [-0.25, -0.2) is 18.4 Å². The van der Waals surface area contributed by atoms with Crippen molar-refractivity contribution in [2.75, 3.05) is 6.61 Å². The van der Waals surface area contributed by atoms with E-state index in [2.05, 4.69) is 15.9 Å². The van der Waals surface area contributed by atoms with Crippen LogP contribution in [0.1, 0.15) is 23.7 Å². The molecule has 2 N–H and O–H groups in total. The molecule has 5 nitrogen and oxygen atoms in total. The van der Waals surface area contributed by atoms with E-state index in [1.54, 1.807) is 0 Å². The van der Waals surface area contributed by atoms with Crippen molar-refractivity contribution < 1.29 is 17.9 Å². The third-order valence-corrected chi connectivity index (χ3v) is 4.55. The number of carbonyl (C=O) groups is 1. The number of esters is 1. The minimum absolute atomic E-state index is 0.0423. The van der Waals surface area contributed by atoms with Crippen LogP contribution < -0.4 is 5.14 Å². The summed E-state index contributed by atoms with van der Waals surface area (Å²) < 4.78 is 27.7. The quantitative estimate of drug-likeness (QED) is 0.839. The van der Waals surface area contributed by atoms with Crippen LogP contribution in [0, 0.1) is 0 Å². The van der Waals surface area contributed by atoms with Crippen LogP contribution in [-0.4, -0.2) is 21.0 Å². The molecule has 1 aromatic rings. The zero-order chi connectivity index (χ0) is 13.9. The van der Waals surface area contributed by atoms with Crippen LogP contribution in [0.5, 0.6) is 0 Å². The highest BCUT2D eigenvalue weighted by Gasteiger charge is 2.19. The van der Waals surface area contributed by atoms with Crippen molar-refractivity contribution in [3.8, 4) is 0 Å². The lowest BCUT2D eigenvalue weighted by molar-refractivity contribution is 0.0505. The van der Waals surface area contributed by atoms with Gasteiger partial charge in [0.2, 0.25) is 10.0 Å². The standard InChI is InChI=1S/C10H11BrClNO4S/c1-2-3-17-10(14)6-4-7(12)9(11)8(5-6)18(13,15)16/h4-5H,2-3H2,1H3,(H2,13,15,16). The molecule has 0 fully saturated rings. The second-order valence-electron chi connectivity index (χ2n) is 3.45. The molecular formula is C10H11BrClNO4S. The Labute approximate surface area is 118 Å². The summed E-state index contributed by atoms with van der Waals surface area (Å²) in [5.41, 5.74) is 0.0423. The molecule has 1 rings (SSSR count). The SMILES string of the molecule is CCCOC(=O)c1cc(Cl)c(Br)c(S(N)(=O)=O)c1. The molecule has 0 aliphatic rings. The number of rotatable bonds is 4. The Hall–Kier alpha value is -0.630. The molecule has 0 spiro atoms. The van der Waals surface area contributed by atoms with Crippen LogP contribution in [0.4, 0.5) is 0 Å². The first-order valence-corrected chi connectivity index (χ1v) is 7.68. The number of halogens is 2.